The monoisotopic (exact) mass is 380 g/mol. The molecule has 0 unspecified atom stereocenters. The van der Waals surface area contributed by atoms with Gasteiger partial charge in [-0.05, 0) is 36.8 Å². The smallest absolute Gasteiger partial charge is 0.196 e. The molecule has 0 saturated carbocycles. The standard InChI is InChI=1S/C20H17FN4OS/c1-14-11-17(24-26-14)13-27-20-23-22-19(12-15-5-3-2-4-6-15)25(20)18-9-7-16(21)8-10-18/h2-11H,12-13H2,1H3. The number of thioether (sulfide) groups is 1. The van der Waals surface area contributed by atoms with E-state index in [0.29, 0.717) is 12.2 Å². The number of nitrogens with zero attached hydrogens (tertiary/aromatic N) is 4. The minimum atomic E-state index is -0.274. The Morgan fingerprint density at radius 2 is 1.81 bits per heavy atom. The number of hydrogen-bond acceptors (Lipinski definition) is 5. The van der Waals surface area contributed by atoms with Crippen LogP contribution < -0.4 is 0 Å². The quantitative estimate of drug-likeness (QED) is 0.458. The number of aromatic nitrogens is 4. The summed E-state index contributed by atoms with van der Waals surface area (Å²) >= 11 is 1.52. The fourth-order valence-corrected chi connectivity index (χ4v) is 3.61. The maximum absolute atomic E-state index is 13.4. The molecule has 0 amide bonds. The second kappa shape index (κ2) is 7.75. The second-order valence-electron chi connectivity index (χ2n) is 6.09. The molecule has 0 spiro atoms. The fourth-order valence-electron chi connectivity index (χ4n) is 2.76. The molecule has 4 rings (SSSR count). The van der Waals surface area contributed by atoms with Gasteiger partial charge in [-0.2, -0.15) is 0 Å². The van der Waals surface area contributed by atoms with E-state index in [4.69, 9.17) is 4.52 Å². The summed E-state index contributed by atoms with van der Waals surface area (Å²) < 4.78 is 20.5. The lowest BCUT2D eigenvalue weighted by atomic mass is 10.1. The molecule has 27 heavy (non-hydrogen) atoms. The van der Waals surface area contributed by atoms with Crippen LogP contribution >= 0.6 is 11.8 Å². The summed E-state index contributed by atoms with van der Waals surface area (Å²) in [6.45, 7) is 1.86. The van der Waals surface area contributed by atoms with E-state index in [0.717, 1.165) is 33.7 Å². The van der Waals surface area contributed by atoms with Crippen molar-refractivity contribution in [2.75, 3.05) is 0 Å². The van der Waals surface area contributed by atoms with E-state index in [1.807, 2.05) is 35.8 Å². The molecule has 2 aromatic carbocycles. The van der Waals surface area contributed by atoms with Crippen molar-refractivity contribution in [2.45, 2.75) is 24.3 Å². The van der Waals surface area contributed by atoms with Crippen LogP contribution in [0.15, 0.2) is 70.3 Å². The van der Waals surface area contributed by atoms with Gasteiger partial charge in [-0.15, -0.1) is 10.2 Å². The lowest BCUT2D eigenvalue weighted by Crippen LogP contribution is -2.04. The summed E-state index contributed by atoms with van der Waals surface area (Å²) in [6.07, 6.45) is 0.634. The molecule has 0 atom stereocenters. The Morgan fingerprint density at radius 1 is 1.04 bits per heavy atom. The minimum Gasteiger partial charge on any atom is -0.361 e. The third kappa shape index (κ3) is 4.09. The molecule has 0 bridgehead atoms. The second-order valence-corrected chi connectivity index (χ2v) is 7.03. The molecule has 0 radical (unpaired) electrons. The van der Waals surface area contributed by atoms with Crippen LogP contribution in [0.25, 0.3) is 5.69 Å². The highest BCUT2D eigenvalue weighted by Crippen LogP contribution is 2.26. The highest BCUT2D eigenvalue weighted by molar-refractivity contribution is 7.98. The topological polar surface area (TPSA) is 56.7 Å². The average Bonchev–Trinajstić information content (AvgIpc) is 3.28. The molecule has 136 valence electrons. The Balaban J connectivity index is 1.66. The van der Waals surface area contributed by atoms with Crippen molar-refractivity contribution in [3.63, 3.8) is 0 Å². The zero-order valence-electron chi connectivity index (χ0n) is 14.7. The minimum absolute atomic E-state index is 0.274. The van der Waals surface area contributed by atoms with Gasteiger partial charge < -0.3 is 4.52 Å². The van der Waals surface area contributed by atoms with Crippen LogP contribution in [0.5, 0.6) is 0 Å². The summed E-state index contributed by atoms with van der Waals surface area (Å²) in [5.41, 5.74) is 2.80. The van der Waals surface area contributed by atoms with E-state index >= 15 is 0 Å². The van der Waals surface area contributed by atoms with Crippen molar-refractivity contribution in [3.8, 4) is 5.69 Å². The predicted molar refractivity (Wildman–Crippen MR) is 101 cm³/mol. The third-order valence-electron chi connectivity index (χ3n) is 4.02. The van der Waals surface area contributed by atoms with Crippen molar-refractivity contribution in [1.29, 1.82) is 0 Å². The molecule has 0 N–H and O–H groups in total. The van der Waals surface area contributed by atoms with Gasteiger partial charge in [0.25, 0.3) is 0 Å². The first-order valence-electron chi connectivity index (χ1n) is 8.48. The van der Waals surface area contributed by atoms with Crippen molar-refractivity contribution in [1.82, 2.24) is 19.9 Å². The van der Waals surface area contributed by atoms with Crippen LogP contribution in [0.3, 0.4) is 0 Å². The highest BCUT2D eigenvalue weighted by Gasteiger charge is 2.16. The van der Waals surface area contributed by atoms with Crippen molar-refractivity contribution in [3.05, 3.63) is 89.3 Å². The molecule has 2 heterocycles. The Kier molecular flexibility index (Phi) is 5.02. The number of rotatable bonds is 6. The van der Waals surface area contributed by atoms with Gasteiger partial charge in [0.05, 0.1) is 5.69 Å². The van der Waals surface area contributed by atoms with Gasteiger partial charge in [0.2, 0.25) is 0 Å². The SMILES string of the molecule is Cc1cc(CSc2nnc(Cc3ccccc3)n2-c2ccc(F)cc2)no1. The van der Waals surface area contributed by atoms with Crippen LogP contribution in [-0.2, 0) is 12.2 Å². The summed E-state index contributed by atoms with van der Waals surface area (Å²) in [6, 6.07) is 18.3. The van der Waals surface area contributed by atoms with Gasteiger partial charge in [0.15, 0.2) is 5.16 Å². The molecule has 0 aliphatic rings. The maximum Gasteiger partial charge on any atom is 0.196 e. The van der Waals surface area contributed by atoms with E-state index in [9.17, 15) is 4.39 Å². The first-order chi connectivity index (χ1) is 13.2. The Hall–Kier alpha value is -2.93. The number of hydrogen-bond donors (Lipinski definition) is 0. The van der Waals surface area contributed by atoms with E-state index in [-0.39, 0.29) is 5.82 Å². The van der Waals surface area contributed by atoms with Crippen molar-refractivity contribution in [2.24, 2.45) is 0 Å². The van der Waals surface area contributed by atoms with Gasteiger partial charge in [0, 0.05) is 23.9 Å². The Morgan fingerprint density at radius 3 is 2.52 bits per heavy atom. The summed E-state index contributed by atoms with van der Waals surface area (Å²) in [5.74, 6) is 1.91. The van der Waals surface area contributed by atoms with Crippen LogP contribution in [0.4, 0.5) is 4.39 Å². The fraction of sp³-hybridized carbons (Fsp3) is 0.150. The van der Waals surface area contributed by atoms with Gasteiger partial charge in [0.1, 0.15) is 17.4 Å². The molecule has 7 heteroatoms. The zero-order valence-corrected chi connectivity index (χ0v) is 15.5. The first kappa shape index (κ1) is 17.5. The van der Waals surface area contributed by atoms with E-state index < -0.39 is 0 Å². The number of halogens is 1. The molecule has 4 aromatic rings. The lowest BCUT2D eigenvalue weighted by molar-refractivity contribution is 0.393. The van der Waals surface area contributed by atoms with Crippen molar-refractivity contribution < 1.29 is 8.91 Å². The molecule has 0 aliphatic carbocycles. The van der Waals surface area contributed by atoms with E-state index in [1.165, 1.54) is 23.9 Å². The summed E-state index contributed by atoms with van der Waals surface area (Å²) in [5, 5.41) is 13.5. The first-order valence-corrected chi connectivity index (χ1v) is 9.47. The largest absolute Gasteiger partial charge is 0.361 e. The van der Waals surface area contributed by atoms with Gasteiger partial charge >= 0.3 is 0 Å². The highest BCUT2D eigenvalue weighted by atomic mass is 32.2. The molecule has 0 aliphatic heterocycles. The zero-order chi connectivity index (χ0) is 18.6. The van der Waals surface area contributed by atoms with Crippen LogP contribution in [-0.4, -0.2) is 19.9 Å². The van der Waals surface area contributed by atoms with Crippen molar-refractivity contribution >= 4 is 11.8 Å². The van der Waals surface area contributed by atoms with E-state index in [2.05, 4.69) is 27.5 Å². The summed E-state index contributed by atoms with van der Waals surface area (Å²) in [4.78, 5) is 0. The maximum atomic E-state index is 13.4. The molecule has 0 fully saturated rings. The predicted octanol–water partition coefficient (Wildman–Crippen LogP) is 4.59. The van der Waals surface area contributed by atoms with Gasteiger partial charge in [-0.1, -0.05) is 47.3 Å². The Labute approximate surface area is 160 Å². The average molecular weight is 380 g/mol. The molecule has 5 nitrogen and oxygen atoms in total. The molecular formula is C20H17FN4OS. The van der Waals surface area contributed by atoms with Crippen LogP contribution in [0.2, 0.25) is 0 Å². The lowest BCUT2D eigenvalue weighted by Gasteiger charge is -2.10. The van der Waals surface area contributed by atoms with Crippen LogP contribution in [0, 0.1) is 12.7 Å². The third-order valence-corrected chi connectivity index (χ3v) is 4.98. The van der Waals surface area contributed by atoms with E-state index in [1.54, 1.807) is 12.1 Å². The van der Waals surface area contributed by atoms with Crippen LogP contribution in [0.1, 0.15) is 22.8 Å². The van der Waals surface area contributed by atoms with Gasteiger partial charge in [-0.3, -0.25) is 4.57 Å². The number of aryl methyl sites for hydroxylation is 1. The molecule has 0 saturated heterocycles. The summed E-state index contributed by atoms with van der Waals surface area (Å²) in [7, 11) is 0. The van der Waals surface area contributed by atoms with Gasteiger partial charge in [-0.25, -0.2) is 4.39 Å². The number of benzene rings is 2. The Bertz CT molecular complexity index is 1030. The normalized spacial score (nSPS) is 11.0. The molecular weight excluding hydrogens is 363 g/mol. The molecule has 2 aromatic heterocycles.